The number of amides is 1. The number of likely N-dealkylation sites (N-methyl/N-ethyl adjacent to an activating group) is 1. The molecule has 0 bridgehead atoms. The monoisotopic (exact) mass is 584 g/mol. The maximum absolute atomic E-state index is 14.2. The molecule has 0 radical (unpaired) electrons. The molecule has 3 N–H and O–H groups in total. The summed E-state index contributed by atoms with van der Waals surface area (Å²) in [5.41, 5.74) is 1.86. The number of hydrogen-bond acceptors (Lipinski definition) is 7. The van der Waals surface area contributed by atoms with E-state index >= 15 is 0 Å². The van der Waals surface area contributed by atoms with Gasteiger partial charge in [0.25, 0.3) is 5.91 Å². The molecule has 3 aliphatic rings. The molecule has 2 heterocycles. The van der Waals surface area contributed by atoms with Gasteiger partial charge < -0.3 is 25.4 Å². The summed E-state index contributed by atoms with van der Waals surface area (Å²) in [5, 5.41) is 15.7. The van der Waals surface area contributed by atoms with Crippen molar-refractivity contribution in [3.63, 3.8) is 0 Å². The topological polar surface area (TPSA) is 128 Å². The Kier molecular flexibility index (Phi) is 8.86. The van der Waals surface area contributed by atoms with Gasteiger partial charge in [-0.25, -0.2) is 13.2 Å². The largest absolute Gasteiger partial charge is 0.480 e. The number of aliphatic carboxylic acids is 1. The Hall–Kier alpha value is -3.15. The Balaban J connectivity index is 1.59. The van der Waals surface area contributed by atoms with Crippen LogP contribution in [0.4, 0.5) is 17.1 Å². The van der Waals surface area contributed by atoms with Gasteiger partial charge in [0.2, 0.25) is 10.0 Å². The molecule has 0 aromatic heterocycles. The molecule has 2 aliphatic heterocycles. The molecular weight excluding hydrogens is 544 g/mol. The van der Waals surface area contributed by atoms with E-state index in [1.807, 2.05) is 35.2 Å². The Bertz CT molecular complexity index is 1360. The highest BCUT2D eigenvalue weighted by Crippen LogP contribution is 2.43. The lowest BCUT2D eigenvalue weighted by Gasteiger charge is -2.36. The van der Waals surface area contributed by atoms with Gasteiger partial charge in [-0.05, 0) is 61.8 Å². The third-order valence-electron chi connectivity index (χ3n) is 8.95. The van der Waals surface area contributed by atoms with Gasteiger partial charge in [-0.2, -0.15) is 4.31 Å². The van der Waals surface area contributed by atoms with Crippen LogP contribution < -0.4 is 15.5 Å². The number of ether oxygens (including phenoxy) is 1. The minimum atomic E-state index is -3.99. The maximum atomic E-state index is 14.2. The zero-order valence-electron chi connectivity index (χ0n) is 23.7. The molecule has 2 aromatic rings. The summed E-state index contributed by atoms with van der Waals surface area (Å²) in [4.78, 5) is 27.9. The smallest absolute Gasteiger partial charge is 0.326 e. The van der Waals surface area contributed by atoms with Crippen molar-refractivity contribution in [1.29, 1.82) is 0 Å². The Morgan fingerprint density at radius 3 is 2.34 bits per heavy atom. The molecular formula is C30H40N4O6S. The number of para-hydroxylation sites is 1. The highest BCUT2D eigenvalue weighted by molar-refractivity contribution is 7.89. The molecule has 11 heteroatoms. The first-order valence-corrected chi connectivity index (χ1v) is 15.9. The van der Waals surface area contributed by atoms with Crippen LogP contribution in [0.2, 0.25) is 0 Å². The first kappa shape index (κ1) is 29.3. The number of carbonyl (C=O) groups excluding carboxylic acids is 1. The van der Waals surface area contributed by atoms with Crippen molar-refractivity contribution >= 4 is 39.0 Å². The summed E-state index contributed by atoms with van der Waals surface area (Å²) in [6.07, 6.45) is 6.32. The number of fused-ring (bicyclic) bond motifs is 1. The number of anilines is 3. The summed E-state index contributed by atoms with van der Waals surface area (Å²) in [6, 6.07) is 11.5. The van der Waals surface area contributed by atoms with Gasteiger partial charge >= 0.3 is 5.97 Å². The molecule has 1 aliphatic carbocycles. The van der Waals surface area contributed by atoms with Gasteiger partial charge in [-0.15, -0.1) is 0 Å². The molecule has 1 saturated heterocycles. The van der Waals surface area contributed by atoms with Crippen molar-refractivity contribution in [1.82, 2.24) is 9.62 Å². The molecule has 2 fully saturated rings. The van der Waals surface area contributed by atoms with E-state index in [1.165, 1.54) is 10.4 Å². The molecule has 41 heavy (non-hydrogen) atoms. The first-order chi connectivity index (χ1) is 19.7. The second-order valence-electron chi connectivity index (χ2n) is 11.3. The number of nitrogens with zero attached hydrogens (tertiary/aromatic N) is 2. The SMILES string of the molecule is CNc1cc2c(cc1C(=O)N[C@H](C(=O)O)C1CCOCC1)S(=O)(=O)N(C)[C@H](C1CCCCC1)CN2c1ccccc1. The highest BCUT2D eigenvalue weighted by Gasteiger charge is 2.42. The molecule has 0 spiro atoms. The normalized spacial score (nSPS) is 22.8. The molecule has 10 nitrogen and oxygen atoms in total. The third kappa shape index (κ3) is 5.93. The van der Waals surface area contributed by atoms with Crippen LogP contribution >= 0.6 is 0 Å². The number of nitrogens with one attached hydrogen (secondary N) is 2. The number of carbonyl (C=O) groups is 2. The molecule has 2 aromatic carbocycles. The number of sulfonamides is 1. The predicted molar refractivity (Wildman–Crippen MR) is 157 cm³/mol. The quantitative estimate of drug-likeness (QED) is 0.445. The van der Waals surface area contributed by atoms with Crippen molar-refractivity contribution in [3.05, 3.63) is 48.0 Å². The van der Waals surface area contributed by atoms with Crippen molar-refractivity contribution in [3.8, 4) is 0 Å². The molecule has 222 valence electrons. The van der Waals surface area contributed by atoms with Crippen LogP contribution in [-0.2, 0) is 19.6 Å². The van der Waals surface area contributed by atoms with E-state index in [9.17, 15) is 23.1 Å². The van der Waals surface area contributed by atoms with E-state index in [1.54, 1.807) is 20.2 Å². The number of benzene rings is 2. The highest BCUT2D eigenvalue weighted by atomic mass is 32.2. The van der Waals surface area contributed by atoms with Crippen LogP contribution in [0.15, 0.2) is 47.4 Å². The van der Waals surface area contributed by atoms with E-state index in [2.05, 4.69) is 10.6 Å². The van der Waals surface area contributed by atoms with Crippen LogP contribution in [0.3, 0.4) is 0 Å². The average molecular weight is 585 g/mol. The molecule has 5 rings (SSSR count). The minimum absolute atomic E-state index is 0.0317. The fraction of sp³-hybridized carbons (Fsp3) is 0.533. The van der Waals surface area contributed by atoms with E-state index in [-0.39, 0.29) is 28.3 Å². The fourth-order valence-corrected chi connectivity index (χ4v) is 8.19. The van der Waals surface area contributed by atoms with Gasteiger partial charge in [0, 0.05) is 51.3 Å². The van der Waals surface area contributed by atoms with Gasteiger partial charge in [0.05, 0.1) is 11.3 Å². The average Bonchev–Trinajstić information content (AvgIpc) is 3.08. The molecule has 1 amide bonds. The van der Waals surface area contributed by atoms with Crippen molar-refractivity contribution in [2.75, 3.05) is 44.1 Å². The van der Waals surface area contributed by atoms with Crippen LogP contribution in [-0.4, -0.2) is 75.6 Å². The van der Waals surface area contributed by atoms with Crippen LogP contribution in [0.25, 0.3) is 0 Å². The minimum Gasteiger partial charge on any atom is -0.480 e. The predicted octanol–water partition coefficient (Wildman–Crippen LogP) is 4.06. The number of hydrogen-bond donors (Lipinski definition) is 3. The van der Waals surface area contributed by atoms with Crippen LogP contribution in [0, 0.1) is 11.8 Å². The zero-order chi connectivity index (χ0) is 29.1. The third-order valence-corrected chi connectivity index (χ3v) is 10.9. The molecule has 2 atom stereocenters. The van der Waals surface area contributed by atoms with Gasteiger partial charge in [0.15, 0.2) is 0 Å². The summed E-state index contributed by atoms with van der Waals surface area (Å²) < 4.78 is 35.4. The van der Waals surface area contributed by atoms with Crippen LogP contribution in [0.1, 0.15) is 55.3 Å². The second-order valence-corrected chi connectivity index (χ2v) is 13.3. The lowest BCUT2D eigenvalue weighted by atomic mass is 9.83. The number of carboxylic acid groups (broad SMARTS) is 1. The van der Waals surface area contributed by atoms with E-state index in [4.69, 9.17) is 4.74 Å². The standard InChI is InChI=1S/C30H40N4O6S/c1-31-24-18-25-27(17-23(24)29(35)32-28(30(36)37)21-13-15-40-16-14-21)41(38,39)33(2)26(20-9-5-3-6-10-20)19-34(25)22-11-7-4-8-12-22/h4,7-8,11-12,17-18,20-21,26,28,31H,3,5-6,9-10,13-16,19H2,1-2H3,(H,32,35)(H,36,37)/t26-,28-/m0/s1. The number of carboxylic acids is 1. The first-order valence-electron chi connectivity index (χ1n) is 14.5. The van der Waals surface area contributed by atoms with Crippen molar-refractivity contribution < 1.29 is 27.9 Å². The van der Waals surface area contributed by atoms with E-state index in [0.29, 0.717) is 44.0 Å². The fourth-order valence-electron chi connectivity index (χ4n) is 6.58. The van der Waals surface area contributed by atoms with Gasteiger partial charge in [-0.1, -0.05) is 37.5 Å². The molecule has 1 saturated carbocycles. The van der Waals surface area contributed by atoms with Gasteiger partial charge in [0.1, 0.15) is 10.9 Å². The summed E-state index contributed by atoms with van der Waals surface area (Å²) in [6.45, 7) is 1.36. The summed E-state index contributed by atoms with van der Waals surface area (Å²) >= 11 is 0. The Morgan fingerprint density at radius 2 is 1.71 bits per heavy atom. The van der Waals surface area contributed by atoms with Gasteiger partial charge in [-0.3, -0.25) is 4.79 Å². The second kappa shape index (κ2) is 12.4. The number of rotatable bonds is 7. The Morgan fingerprint density at radius 1 is 1.02 bits per heavy atom. The maximum Gasteiger partial charge on any atom is 0.326 e. The summed E-state index contributed by atoms with van der Waals surface area (Å²) in [5.74, 6) is -1.80. The van der Waals surface area contributed by atoms with Crippen molar-refractivity contribution in [2.45, 2.75) is 61.9 Å². The van der Waals surface area contributed by atoms with Crippen LogP contribution in [0.5, 0.6) is 0 Å². The summed E-state index contributed by atoms with van der Waals surface area (Å²) in [7, 11) is -0.681. The lowest BCUT2D eigenvalue weighted by molar-refractivity contribution is -0.141. The molecule has 0 unspecified atom stereocenters. The lowest BCUT2D eigenvalue weighted by Crippen LogP contribution is -2.47. The van der Waals surface area contributed by atoms with E-state index in [0.717, 1.165) is 37.8 Å². The van der Waals surface area contributed by atoms with Crippen molar-refractivity contribution in [2.24, 2.45) is 11.8 Å². The Labute approximate surface area is 242 Å². The zero-order valence-corrected chi connectivity index (χ0v) is 24.5. The van der Waals surface area contributed by atoms with E-state index < -0.39 is 27.9 Å².